The highest BCUT2D eigenvalue weighted by molar-refractivity contribution is 4.93. The topological polar surface area (TPSA) is 15.3 Å². The van der Waals surface area contributed by atoms with Gasteiger partial charge in [0, 0.05) is 18.1 Å². The van der Waals surface area contributed by atoms with Gasteiger partial charge in [-0.15, -0.1) is 0 Å². The third-order valence-electron chi connectivity index (χ3n) is 3.75. The molecule has 0 bridgehead atoms. The van der Waals surface area contributed by atoms with Crippen molar-refractivity contribution in [1.82, 2.24) is 10.2 Å². The molecular weight excluding hydrogens is 160 g/mol. The highest BCUT2D eigenvalue weighted by atomic mass is 15.2. The normalized spacial score (nSPS) is 35.3. The van der Waals surface area contributed by atoms with E-state index in [1.54, 1.807) is 0 Å². The van der Waals surface area contributed by atoms with Gasteiger partial charge < -0.3 is 5.32 Å². The molecule has 2 atom stereocenters. The summed E-state index contributed by atoms with van der Waals surface area (Å²) in [6.07, 6.45) is 8.49. The summed E-state index contributed by atoms with van der Waals surface area (Å²) in [7, 11) is 4.43. The molecule has 0 aromatic carbocycles. The van der Waals surface area contributed by atoms with E-state index in [2.05, 4.69) is 24.3 Å². The van der Waals surface area contributed by atoms with Crippen LogP contribution in [-0.2, 0) is 0 Å². The van der Waals surface area contributed by atoms with Crippen LogP contribution in [0.25, 0.3) is 0 Å². The zero-order chi connectivity index (χ0) is 9.26. The van der Waals surface area contributed by atoms with E-state index in [9.17, 15) is 0 Å². The molecule has 0 spiro atoms. The molecule has 0 aromatic heterocycles. The molecule has 0 radical (unpaired) electrons. The first-order valence-corrected chi connectivity index (χ1v) is 5.72. The van der Waals surface area contributed by atoms with Crippen molar-refractivity contribution in [2.24, 2.45) is 0 Å². The smallest absolute Gasteiger partial charge is 0.0249 e. The molecule has 2 aliphatic carbocycles. The minimum Gasteiger partial charge on any atom is -0.315 e. The van der Waals surface area contributed by atoms with E-state index >= 15 is 0 Å². The first kappa shape index (κ1) is 9.47. The lowest BCUT2D eigenvalue weighted by Gasteiger charge is -2.38. The summed E-state index contributed by atoms with van der Waals surface area (Å²) in [6, 6.07) is 2.48. The summed E-state index contributed by atoms with van der Waals surface area (Å²) in [6.45, 7) is 0. The Labute approximate surface area is 81.7 Å². The average molecular weight is 182 g/mol. The number of nitrogens with one attached hydrogen (secondary N) is 1. The van der Waals surface area contributed by atoms with Crippen molar-refractivity contribution >= 4 is 0 Å². The van der Waals surface area contributed by atoms with E-state index in [0.29, 0.717) is 0 Å². The van der Waals surface area contributed by atoms with Crippen LogP contribution >= 0.6 is 0 Å². The molecule has 0 saturated heterocycles. The molecule has 0 heterocycles. The van der Waals surface area contributed by atoms with Crippen LogP contribution in [0.15, 0.2) is 0 Å². The second kappa shape index (κ2) is 3.97. The van der Waals surface area contributed by atoms with Crippen molar-refractivity contribution < 1.29 is 0 Å². The molecule has 13 heavy (non-hydrogen) atoms. The highest BCUT2D eigenvalue weighted by Crippen LogP contribution is 2.32. The minimum atomic E-state index is 0.749. The van der Waals surface area contributed by atoms with Gasteiger partial charge in [-0.1, -0.05) is 12.8 Å². The van der Waals surface area contributed by atoms with Gasteiger partial charge >= 0.3 is 0 Å². The molecule has 2 unspecified atom stereocenters. The Balaban J connectivity index is 1.92. The lowest BCUT2D eigenvalue weighted by Crippen LogP contribution is -2.50. The first-order valence-electron chi connectivity index (χ1n) is 5.72. The largest absolute Gasteiger partial charge is 0.315 e. The summed E-state index contributed by atoms with van der Waals surface area (Å²) in [5.74, 6) is 0. The fourth-order valence-electron chi connectivity index (χ4n) is 2.69. The molecule has 2 aliphatic rings. The second-order valence-electron chi connectivity index (χ2n) is 4.64. The molecule has 0 aliphatic heterocycles. The predicted octanol–water partition coefficient (Wildman–Crippen LogP) is 1.61. The molecule has 0 amide bonds. The van der Waals surface area contributed by atoms with E-state index in [0.717, 1.165) is 18.1 Å². The van der Waals surface area contributed by atoms with Gasteiger partial charge in [0.05, 0.1) is 0 Å². The van der Waals surface area contributed by atoms with Crippen molar-refractivity contribution in [3.8, 4) is 0 Å². The number of likely N-dealkylation sites (N-methyl/N-ethyl adjacent to an activating group) is 2. The van der Waals surface area contributed by atoms with Crippen LogP contribution in [0, 0.1) is 0 Å². The van der Waals surface area contributed by atoms with E-state index in [1.165, 1.54) is 38.5 Å². The minimum absolute atomic E-state index is 0.749. The number of hydrogen-bond acceptors (Lipinski definition) is 2. The van der Waals surface area contributed by atoms with E-state index in [1.807, 2.05) is 0 Å². The zero-order valence-corrected chi connectivity index (χ0v) is 8.92. The van der Waals surface area contributed by atoms with Crippen molar-refractivity contribution in [3.05, 3.63) is 0 Å². The third-order valence-corrected chi connectivity index (χ3v) is 3.75. The fourth-order valence-corrected chi connectivity index (χ4v) is 2.69. The van der Waals surface area contributed by atoms with Gasteiger partial charge in [-0.25, -0.2) is 0 Å². The summed E-state index contributed by atoms with van der Waals surface area (Å²) in [4.78, 5) is 2.63. The Hall–Kier alpha value is -0.0800. The molecule has 1 N–H and O–H groups in total. The lowest BCUT2D eigenvalue weighted by molar-refractivity contribution is 0.147. The Morgan fingerprint density at radius 3 is 2.38 bits per heavy atom. The molecule has 2 heteroatoms. The van der Waals surface area contributed by atoms with E-state index in [-0.39, 0.29) is 0 Å². The fraction of sp³-hybridized carbons (Fsp3) is 1.00. The van der Waals surface area contributed by atoms with Gasteiger partial charge in [0.25, 0.3) is 0 Å². The molecule has 2 nitrogen and oxygen atoms in total. The van der Waals surface area contributed by atoms with Crippen LogP contribution in [0.4, 0.5) is 0 Å². The number of nitrogens with zero attached hydrogens (tertiary/aromatic N) is 1. The Bertz CT molecular complexity index is 163. The van der Waals surface area contributed by atoms with Crippen molar-refractivity contribution in [3.63, 3.8) is 0 Å². The highest BCUT2D eigenvalue weighted by Gasteiger charge is 2.35. The van der Waals surface area contributed by atoms with Crippen LogP contribution in [0.1, 0.15) is 38.5 Å². The van der Waals surface area contributed by atoms with Gasteiger partial charge in [-0.05, 0) is 39.8 Å². The molecule has 2 saturated carbocycles. The Morgan fingerprint density at radius 2 is 1.77 bits per heavy atom. The zero-order valence-electron chi connectivity index (χ0n) is 8.92. The maximum absolute atomic E-state index is 3.48. The van der Waals surface area contributed by atoms with E-state index in [4.69, 9.17) is 0 Å². The summed E-state index contributed by atoms with van der Waals surface area (Å²) in [5, 5.41) is 3.48. The quantitative estimate of drug-likeness (QED) is 0.713. The maximum Gasteiger partial charge on any atom is 0.0249 e. The molecule has 0 aromatic rings. The third kappa shape index (κ3) is 2.05. The van der Waals surface area contributed by atoms with Crippen molar-refractivity contribution in [1.29, 1.82) is 0 Å². The number of hydrogen-bond donors (Lipinski definition) is 1. The van der Waals surface area contributed by atoms with Crippen LogP contribution in [0.2, 0.25) is 0 Å². The Morgan fingerprint density at radius 1 is 1.08 bits per heavy atom. The monoisotopic (exact) mass is 182 g/mol. The predicted molar refractivity (Wildman–Crippen MR) is 55.9 cm³/mol. The molecule has 2 fully saturated rings. The van der Waals surface area contributed by atoms with Gasteiger partial charge in [0.2, 0.25) is 0 Å². The second-order valence-corrected chi connectivity index (χ2v) is 4.64. The number of rotatable bonds is 3. The lowest BCUT2D eigenvalue weighted by atomic mass is 9.89. The van der Waals surface area contributed by atoms with Gasteiger partial charge in [0.1, 0.15) is 0 Å². The average Bonchev–Trinajstić information content (AvgIpc) is 3.00. The van der Waals surface area contributed by atoms with Crippen molar-refractivity contribution in [2.75, 3.05) is 14.1 Å². The van der Waals surface area contributed by atoms with Crippen LogP contribution in [-0.4, -0.2) is 37.1 Å². The van der Waals surface area contributed by atoms with Crippen molar-refractivity contribution in [2.45, 2.75) is 56.7 Å². The van der Waals surface area contributed by atoms with Crippen LogP contribution in [0.3, 0.4) is 0 Å². The molecule has 76 valence electrons. The summed E-state index contributed by atoms with van der Waals surface area (Å²) in [5.41, 5.74) is 0. The molecule has 2 rings (SSSR count). The van der Waals surface area contributed by atoms with Crippen LogP contribution < -0.4 is 5.32 Å². The standard InChI is InChI=1S/C11H22N2/c1-12-10-5-3-4-6-11(10)13(2)9-7-8-9/h9-12H,3-8H2,1-2H3. The maximum atomic E-state index is 3.48. The SMILES string of the molecule is CNC1CCCCC1N(C)C1CC1. The van der Waals surface area contributed by atoms with Gasteiger partial charge in [-0.3, -0.25) is 4.90 Å². The van der Waals surface area contributed by atoms with Gasteiger partial charge in [-0.2, -0.15) is 0 Å². The van der Waals surface area contributed by atoms with Crippen LogP contribution in [0.5, 0.6) is 0 Å². The molecular formula is C11H22N2. The Kier molecular flexibility index (Phi) is 2.89. The summed E-state index contributed by atoms with van der Waals surface area (Å²) < 4.78 is 0. The summed E-state index contributed by atoms with van der Waals surface area (Å²) >= 11 is 0. The van der Waals surface area contributed by atoms with Gasteiger partial charge in [0.15, 0.2) is 0 Å². The first-order chi connectivity index (χ1) is 6.33. The van der Waals surface area contributed by atoms with E-state index < -0.39 is 0 Å².